The number of nitrogens with one attached hydrogen (secondary N) is 1. The average molecular weight is 382 g/mol. The number of anilines is 2. The van der Waals surface area contributed by atoms with Crippen LogP contribution in [0, 0.1) is 6.92 Å². The lowest BCUT2D eigenvalue weighted by molar-refractivity contribution is 1.02. The summed E-state index contributed by atoms with van der Waals surface area (Å²) in [6.07, 6.45) is 1.99. The third kappa shape index (κ3) is 3.48. The van der Waals surface area contributed by atoms with Crippen LogP contribution >= 0.6 is 46.3 Å². The van der Waals surface area contributed by atoms with Crippen molar-refractivity contribution in [3.63, 3.8) is 0 Å². The first-order valence-electron chi connectivity index (χ1n) is 6.78. The molecule has 0 bridgehead atoms. The Kier molecular flexibility index (Phi) is 5.11. The Morgan fingerprint density at radius 2 is 1.87 bits per heavy atom. The Labute approximate surface area is 153 Å². The summed E-state index contributed by atoms with van der Waals surface area (Å²) in [5, 5.41) is 13.8. The molecule has 0 saturated carbocycles. The highest BCUT2D eigenvalue weighted by Crippen LogP contribution is 2.39. The summed E-state index contributed by atoms with van der Waals surface area (Å²) in [5.74, 6) is 0. The second-order valence-corrected chi connectivity index (χ2v) is 7.62. The van der Waals surface area contributed by atoms with Crippen LogP contribution in [0.3, 0.4) is 0 Å². The predicted octanol–water partition coefficient (Wildman–Crippen LogP) is 6.29. The first-order valence-corrected chi connectivity index (χ1v) is 9.58. The molecule has 0 aliphatic heterocycles. The Balaban J connectivity index is 2.04. The van der Waals surface area contributed by atoms with Gasteiger partial charge in [0.15, 0.2) is 9.35 Å². The van der Waals surface area contributed by atoms with E-state index < -0.39 is 0 Å². The van der Waals surface area contributed by atoms with E-state index in [1.807, 2.05) is 49.6 Å². The molecule has 1 N–H and O–H groups in total. The second-order valence-electron chi connectivity index (χ2n) is 4.80. The first-order chi connectivity index (χ1) is 11.1. The molecule has 2 aromatic carbocycles. The van der Waals surface area contributed by atoms with E-state index >= 15 is 0 Å². The third-order valence-electron chi connectivity index (χ3n) is 3.28. The minimum absolute atomic E-state index is 0.581. The molecule has 0 unspecified atom stereocenters. The summed E-state index contributed by atoms with van der Waals surface area (Å²) < 4.78 is 0.932. The number of rotatable bonds is 4. The van der Waals surface area contributed by atoms with Gasteiger partial charge in [-0.15, -0.1) is 10.2 Å². The van der Waals surface area contributed by atoms with Crippen LogP contribution in [0.2, 0.25) is 10.0 Å². The van der Waals surface area contributed by atoms with Crippen molar-refractivity contribution in [1.29, 1.82) is 0 Å². The standard InChI is InChI=1S/C16H13Cl2N3S2/c1-9-7-8-11(17)14(13(9)18)19-12-6-4-3-5-10(12)15-20-21-16(22-2)23-15/h3-8,19H,1-2H3. The molecule has 0 saturated heterocycles. The smallest absolute Gasteiger partial charge is 0.174 e. The molecule has 0 spiro atoms. The zero-order chi connectivity index (χ0) is 16.4. The monoisotopic (exact) mass is 381 g/mol. The Hall–Kier alpha value is -1.27. The molecule has 1 heterocycles. The quantitative estimate of drug-likeness (QED) is 0.539. The molecular formula is C16H13Cl2N3S2. The molecule has 1 aromatic heterocycles. The highest BCUT2D eigenvalue weighted by Gasteiger charge is 2.14. The van der Waals surface area contributed by atoms with E-state index in [1.165, 1.54) is 0 Å². The third-order valence-corrected chi connectivity index (χ3v) is 6.02. The van der Waals surface area contributed by atoms with Crippen molar-refractivity contribution in [3.8, 4) is 10.6 Å². The fourth-order valence-corrected chi connectivity index (χ4v) is 3.86. The van der Waals surface area contributed by atoms with Gasteiger partial charge in [0.25, 0.3) is 0 Å². The van der Waals surface area contributed by atoms with Crippen molar-refractivity contribution in [2.45, 2.75) is 11.3 Å². The molecule has 0 aliphatic carbocycles. The molecule has 0 radical (unpaired) electrons. The van der Waals surface area contributed by atoms with Gasteiger partial charge in [0.05, 0.1) is 15.7 Å². The topological polar surface area (TPSA) is 37.8 Å². The van der Waals surface area contributed by atoms with Crippen LogP contribution in [0.1, 0.15) is 5.56 Å². The number of hydrogen-bond donors (Lipinski definition) is 1. The summed E-state index contributed by atoms with van der Waals surface area (Å²) in [6.45, 7) is 1.95. The Bertz CT molecular complexity index is 849. The maximum atomic E-state index is 6.40. The van der Waals surface area contributed by atoms with Gasteiger partial charge >= 0.3 is 0 Å². The van der Waals surface area contributed by atoms with Crippen molar-refractivity contribution in [1.82, 2.24) is 10.2 Å². The maximum Gasteiger partial charge on any atom is 0.174 e. The molecule has 0 atom stereocenters. The molecule has 118 valence electrons. The van der Waals surface area contributed by atoms with Crippen LogP contribution in [0.25, 0.3) is 10.6 Å². The number of aryl methyl sites for hydroxylation is 1. The first kappa shape index (κ1) is 16.6. The molecule has 23 heavy (non-hydrogen) atoms. The summed E-state index contributed by atoms with van der Waals surface area (Å²) in [7, 11) is 0. The van der Waals surface area contributed by atoms with Crippen molar-refractivity contribution >= 4 is 57.7 Å². The lowest BCUT2D eigenvalue weighted by atomic mass is 10.1. The predicted molar refractivity (Wildman–Crippen MR) is 102 cm³/mol. The number of hydrogen-bond acceptors (Lipinski definition) is 5. The van der Waals surface area contributed by atoms with E-state index in [0.29, 0.717) is 15.7 Å². The second kappa shape index (κ2) is 7.09. The molecule has 0 aliphatic rings. The average Bonchev–Trinajstić information content (AvgIpc) is 3.04. The van der Waals surface area contributed by atoms with E-state index in [2.05, 4.69) is 15.5 Å². The zero-order valence-electron chi connectivity index (χ0n) is 12.4. The normalized spacial score (nSPS) is 10.8. The van der Waals surface area contributed by atoms with Crippen LogP contribution in [0.5, 0.6) is 0 Å². The minimum atomic E-state index is 0.581. The summed E-state index contributed by atoms with van der Waals surface area (Å²) in [4.78, 5) is 0. The molecule has 0 amide bonds. The van der Waals surface area contributed by atoms with Gasteiger partial charge in [-0.3, -0.25) is 0 Å². The number of benzene rings is 2. The van der Waals surface area contributed by atoms with E-state index in [9.17, 15) is 0 Å². The molecule has 7 heteroatoms. The minimum Gasteiger partial charge on any atom is -0.353 e. The number of halogens is 2. The molecular weight excluding hydrogens is 369 g/mol. The number of thioether (sulfide) groups is 1. The van der Waals surface area contributed by atoms with Crippen LogP contribution in [-0.4, -0.2) is 16.5 Å². The summed E-state index contributed by atoms with van der Waals surface area (Å²) >= 11 is 15.8. The SMILES string of the molecule is CSc1nnc(-c2ccccc2Nc2c(Cl)ccc(C)c2Cl)s1. The van der Waals surface area contributed by atoms with Crippen molar-refractivity contribution < 1.29 is 0 Å². The van der Waals surface area contributed by atoms with Gasteiger partial charge in [0.2, 0.25) is 0 Å². The maximum absolute atomic E-state index is 6.40. The van der Waals surface area contributed by atoms with Gasteiger partial charge in [0, 0.05) is 11.3 Å². The van der Waals surface area contributed by atoms with Crippen molar-refractivity contribution in [3.05, 3.63) is 52.0 Å². The summed E-state index contributed by atoms with van der Waals surface area (Å²) in [5.41, 5.74) is 3.54. The molecule has 3 nitrogen and oxygen atoms in total. The van der Waals surface area contributed by atoms with Gasteiger partial charge in [-0.2, -0.15) is 0 Å². The largest absolute Gasteiger partial charge is 0.353 e. The molecule has 3 aromatic rings. The number of aromatic nitrogens is 2. The van der Waals surface area contributed by atoms with Crippen LogP contribution in [0.15, 0.2) is 40.7 Å². The highest BCUT2D eigenvalue weighted by molar-refractivity contribution is 8.00. The van der Waals surface area contributed by atoms with Gasteiger partial charge in [0.1, 0.15) is 0 Å². The molecule has 3 rings (SSSR count). The highest BCUT2D eigenvalue weighted by atomic mass is 35.5. The van der Waals surface area contributed by atoms with Crippen LogP contribution in [-0.2, 0) is 0 Å². The van der Waals surface area contributed by atoms with Crippen LogP contribution < -0.4 is 5.32 Å². The van der Waals surface area contributed by atoms with E-state index in [-0.39, 0.29) is 0 Å². The molecule has 0 fully saturated rings. The number of para-hydroxylation sites is 1. The van der Waals surface area contributed by atoms with Gasteiger partial charge in [-0.05, 0) is 36.9 Å². The van der Waals surface area contributed by atoms with E-state index in [0.717, 1.165) is 26.2 Å². The van der Waals surface area contributed by atoms with E-state index in [1.54, 1.807) is 23.1 Å². The van der Waals surface area contributed by atoms with Gasteiger partial charge in [-0.1, -0.05) is 64.5 Å². The Morgan fingerprint density at radius 3 is 2.61 bits per heavy atom. The van der Waals surface area contributed by atoms with Gasteiger partial charge < -0.3 is 5.32 Å². The van der Waals surface area contributed by atoms with Gasteiger partial charge in [-0.25, -0.2) is 0 Å². The van der Waals surface area contributed by atoms with Crippen molar-refractivity contribution in [2.24, 2.45) is 0 Å². The lowest BCUT2D eigenvalue weighted by Crippen LogP contribution is -1.96. The van der Waals surface area contributed by atoms with Crippen molar-refractivity contribution in [2.75, 3.05) is 11.6 Å². The number of nitrogens with zero attached hydrogens (tertiary/aromatic N) is 2. The summed E-state index contributed by atoms with van der Waals surface area (Å²) in [6, 6.07) is 11.6. The van der Waals surface area contributed by atoms with E-state index in [4.69, 9.17) is 23.2 Å². The fraction of sp³-hybridized carbons (Fsp3) is 0.125. The van der Waals surface area contributed by atoms with Crippen LogP contribution in [0.4, 0.5) is 11.4 Å². The lowest BCUT2D eigenvalue weighted by Gasteiger charge is -2.14. The fourth-order valence-electron chi connectivity index (χ4n) is 2.09. The Morgan fingerprint density at radius 1 is 1.09 bits per heavy atom. The zero-order valence-corrected chi connectivity index (χ0v) is 15.6.